The van der Waals surface area contributed by atoms with E-state index in [-0.39, 0.29) is 17.9 Å². The number of aromatic nitrogens is 2. The monoisotopic (exact) mass is 434 g/mol. The van der Waals surface area contributed by atoms with Crippen LogP contribution in [0, 0.1) is 13.8 Å². The fraction of sp³-hybridized carbons (Fsp3) is 0.421. The van der Waals surface area contributed by atoms with Gasteiger partial charge in [-0.3, -0.25) is 14.6 Å². The van der Waals surface area contributed by atoms with Crippen molar-refractivity contribution in [2.45, 2.75) is 26.7 Å². The van der Waals surface area contributed by atoms with E-state index in [1.165, 1.54) is 0 Å². The summed E-state index contributed by atoms with van der Waals surface area (Å²) in [5.41, 5.74) is 2.81. The van der Waals surface area contributed by atoms with Crippen molar-refractivity contribution in [2.75, 3.05) is 36.5 Å². The van der Waals surface area contributed by atoms with E-state index in [9.17, 15) is 9.59 Å². The number of morpholine rings is 1. The Hall–Kier alpha value is -2.19. The molecule has 1 aliphatic rings. The van der Waals surface area contributed by atoms with Gasteiger partial charge in [0.05, 0.1) is 13.2 Å². The molecule has 1 aromatic heterocycles. The first-order valence-electron chi connectivity index (χ1n) is 8.92. The summed E-state index contributed by atoms with van der Waals surface area (Å²) in [6.45, 7) is 6.43. The van der Waals surface area contributed by atoms with E-state index in [1.807, 2.05) is 36.9 Å². The van der Waals surface area contributed by atoms with Crippen molar-refractivity contribution in [1.82, 2.24) is 9.97 Å². The molecule has 1 aliphatic heterocycles. The molecule has 27 heavy (non-hydrogen) atoms. The second-order valence-corrected chi connectivity index (χ2v) is 7.42. The molecule has 0 spiro atoms. The van der Waals surface area contributed by atoms with Gasteiger partial charge >= 0.3 is 0 Å². The molecule has 0 atom stereocenters. The molecule has 0 unspecified atom stereocenters. The molecule has 1 fully saturated rings. The number of rotatable bonds is 5. The van der Waals surface area contributed by atoms with Crippen LogP contribution in [0.15, 0.2) is 27.5 Å². The van der Waals surface area contributed by atoms with E-state index >= 15 is 0 Å². The summed E-state index contributed by atoms with van der Waals surface area (Å²) in [7, 11) is 0. The number of nitrogens with zero attached hydrogens (tertiary/aromatic N) is 2. The molecule has 7 nitrogen and oxygen atoms in total. The van der Waals surface area contributed by atoms with Crippen LogP contribution in [-0.4, -0.2) is 42.2 Å². The Balaban J connectivity index is 1.64. The van der Waals surface area contributed by atoms with Gasteiger partial charge in [-0.2, -0.15) is 0 Å². The van der Waals surface area contributed by atoms with Gasteiger partial charge in [-0.25, -0.2) is 4.98 Å². The van der Waals surface area contributed by atoms with Gasteiger partial charge in [-0.05, 0) is 44.0 Å². The molecule has 1 amide bonds. The number of anilines is 2. The lowest BCUT2D eigenvalue weighted by atomic mass is 10.1. The molecule has 144 valence electrons. The van der Waals surface area contributed by atoms with Crippen LogP contribution < -0.4 is 15.8 Å². The van der Waals surface area contributed by atoms with Crippen LogP contribution in [-0.2, 0) is 16.0 Å². The minimum Gasteiger partial charge on any atom is -0.378 e. The van der Waals surface area contributed by atoms with Crippen LogP contribution in [0.4, 0.5) is 11.6 Å². The standard InChI is InChI=1S/C19H23BrN4O3/c1-12-11-14(3-5-16(12)20)22-17(25)6-4-15-13(2)21-19(23-18(15)26)24-7-9-27-10-8-24/h3,5,11H,4,6-10H2,1-2H3,(H,22,25)(H,21,23,26). The summed E-state index contributed by atoms with van der Waals surface area (Å²) in [5.74, 6) is 0.437. The summed E-state index contributed by atoms with van der Waals surface area (Å²) in [4.78, 5) is 34.1. The summed E-state index contributed by atoms with van der Waals surface area (Å²) >= 11 is 3.44. The molecule has 2 heterocycles. The fourth-order valence-electron chi connectivity index (χ4n) is 3.00. The van der Waals surface area contributed by atoms with Crippen molar-refractivity contribution in [3.05, 3.63) is 49.8 Å². The number of aryl methyl sites for hydroxylation is 2. The average molecular weight is 435 g/mol. The van der Waals surface area contributed by atoms with E-state index in [0.29, 0.717) is 49.9 Å². The van der Waals surface area contributed by atoms with Crippen LogP contribution >= 0.6 is 15.9 Å². The Bertz CT molecular complexity index is 891. The number of hydrogen-bond donors (Lipinski definition) is 2. The molecule has 2 N–H and O–H groups in total. The molecule has 8 heteroatoms. The summed E-state index contributed by atoms with van der Waals surface area (Å²) < 4.78 is 6.32. The van der Waals surface area contributed by atoms with Crippen LogP contribution in [0.3, 0.4) is 0 Å². The number of carbonyl (C=O) groups is 1. The van der Waals surface area contributed by atoms with E-state index in [0.717, 1.165) is 15.7 Å². The number of amides is 1. The molecular formula is C19H23BrN4O3. The maximum Gasteiger partial charge on any atom is 0.255 e. The van der Waals surface area contributed by atoms with Gasteiger partial charge in [-0.15, -0.1) is 0 Å². The topological polar surface area (TPSA) is 87.3 Å². The number of aromatic amines is 1. The predicted octanol–water partition coefficient (Wildman–Crippen LogP) is 2.56. The lowest BCUT2D eigenvalue weighted by Gasteiger charge is -2.27. The van der Waals surface area contributed by atoms with Gasteiger partial charge in [0.25, 0.3) is 5.56 Å². The Morgan fingerprint density at radius 1 is 1.33 bits per heavy atom. The molecule has 0 saturated carbocycles. The predicted molar refractivity (Wildman–Crippen MR) is 108 cm³/mol. The van der Waals surface area contributed by atoms with E-state index < -0.39 is 0 Å². The van der Waals surface area contributed by atoms with Gasteiger partial charge in [-0.1, -0.05) is 15.9 Å². The third-order valence-corrected chi connectivity index (χ3v) is 5.45. The Morgan fingerprint density at radius 2 is 2.07 bits per heavy atom. The smallest absolute Gasteiger partial charge is 0.255 e. The summed E-state index contributed by atoms with van der Waals surface area (Å²) in [6, 6.07) is 5.64. The van der Waals surface area contributed by atoms with Gasteiger partial charge in [0.1, 0.15) is 0 Å². The quantitative estimate of drug-likeness (QED) is 0.754. The molecule has 0 bridgehead atoms. The van der Waals surface area contributed by atoms with Crippen molar-refractivity contribution in [3.8, 4) is 0 Å². The second kappa shape index (κ2) is 8.67. The highest BCUT2D eigenvalue weighted by Gasteiger charge is 2.16. The first-order valence-corrected chi connectivity index (χ1v) is 9.72. The normalized spacial score (nSPS) is 14.3. The highest BCUT2D eigenvalue weighted by atomic mass is 79.9. The molecule has 3 rings (SSSR count). The van der Waals surface area contributed by atoms with Crippen LogP contribution in [0.25, 0.3) is 0 Å². The van der Waals surface area contributed by atoms with Crippen molar-refractivity contribution < 1.29 is 9.53 Å². The second-order valence-electron chi connectivity index (χ2n) is 6.57. The number of benzene rings is 1. The number of ether oxygens (including phenoxy) is 1. The number of nitrogens with one attached hydrogen (secondary N) is 2. The van der Waals surface area contributed by atoms with E-state index in [4.69, 9.17) is 4.74 Å². The third kappa shape index (κ3) is 4.95. The maximum atomic E-state index is 12.5. The van der Waals surface area contributed by atoms with Crippen LogP contribution in [0.5, 0.6) is 0 Å². The van der Waals surface area contributed by atoms with E-state index in [2.05, 4.69) is 31.2 Å². The molecule has 0 aliphatic carbocycles. The first-order chi connectivity index (χ1) is 12.9. The summed E-state index contributed by atoms with van der Waals surface area (Å²) in [5, 5.41) is 2.87. The van der Waals surface area contributed by atoms with E-state index in [1.54, 1.807) is 0 Å². The SMILES string of the molecule is Cc1cc(NC(=O)CCc2c(C)nc(N3CCOCC3)[nH]c2=O)ccc1Br. The third-order valence-electron chi connectivity index (χ3n) is 4.56. The fourth-order valence-corrected chi connectivity index (χ4v) is 3.25. The van der Waals surface area contributed by atoms with Gasteiger partial charge in [0.2, 0.25) is 11.9 Å². The minimum atomic E-state index is -0.184. The zero-order valence-electron chi connectivity index (χ0n) is 15.5. The van der Waals surface area contributed by atoms with Crippen molar-refractivity contribution in [3.63, 3.8) is 0 Å². The number of carbonyl (C=O) groups excluding carboxylic acids is 1. The van der Waals surface area contributed by atoms with Crippen LogP contribution in [0.2, 0.25) is 0 Å². The van der Waals surface area contributed by atoms with Gasteiger partial charge in [0.15, 0.2) is 0 Å². The molecule has 2 aromatic rings. The highest BCUT2D eigenvalue weighted by Crippen LogP contribution is 2.20. The number of halogens is 1. The zero-order valence-corrected chi connectivity index (χ0v) is 17.1. The Morgan fingerprint density at radius 3 is 2.74 bits per heavy atom. The largest absolute Gasteiger partial charge is 0.378 e. The van der Waals surface area contributed by atoms with Gasteiger partial charge < -0.3 is 15.0 Å². The first kappa shape index (κ1) is 19.6. The molecule has 1 aromatic carbocycles. The summed E-state index contributed by atoms with van der Waals surface area (Å²) in [6.07, 6.45) is 0.566. The van der Waals surface area contributed by atoms with Crippen molar-refractivity contribution in [2.24, 2.45) is 0 Å². The number of H-pyrrole nitrogens is 1. The molecule has 1 saturated heterocycles. The number of hydrogen-bond acceptors (Lipinski definition) is 5. The van der Waals surface area contributed by atoms with Crippen LogP contribution in [0.1, 0.15) is 23.2 Å². The highest BCUT2D eigenvalue weighted by molar-refractivity contribution is 9.10. The Labute approximate surface area is 166 Å². The van der Waals surface area contributed by atoms with Crippen molar-refractivity contribution >= 4 is 33.5 Å². The average Bonchev–Trinajstić information content (AvgIpc) is 2.64. The minimum absolute atomic E-state index is 0.132. The Kier molecular flexibility index (Phi) is 6.28. The van der Waals surface area contributed by atoms with Crippen molar-refractivity contribution in [1.29, 1.82) is 0 Å². The molecular weight excluding hydrogens is 412 g/mol. The lowest BCUT2D eigenvalue weighted by Crippen LogP contribution is -2.38. The van der Waals surface area contributed by atoms with Gasteiger partial charge in [0, 0.05) is 40.9 Å². The lowest BCUT2D eigenvalue weighted by molar-refractivity contribution is -0.116. The zero-order chi connectivity index (χ0) is 19.4. The maximum absolute atomic E-state index is 12.5. The molecule has 0 radical (unpaired) electrons.